The highest BCUT2D eigenvalue weighted by Gasteiger charge is 2.49. The Labute approximate surface area is 124 Å². The number of hydrogen-bond acceptors (Lipinski definition) is 3. The van der Waals surface area contributed by atoms with E-state index in [0.29, 0.717) is 17.9 Å². The zero-order valence-corrected chi connectivity index (χ0v) is 12.4. The van der Waals surface area contributed by atoms with Crippen LogP contribution in [0.15, 0.2) is 24.3 Å². The van der Waals surface area contributed by atoms with E-state index in [0.717, 1.165) is 19.3 Å². The lowest BCUT2D eigenvalue weighted by Gasteiger charge is -2.16. The Morgan fingerprint density at radius 2 is 2.14 bits per heavy atom. The molecule has 1 saturated carbocycles. The van der Waals surface area contributed by atoms with Crippen molar-refractivity contribution in [3.8, 4) is 0 Å². The Morgan fingerprint density at radius 1 is 1.43 bits per heavy atom. The van der Waals surface area contributed by atoms with Crippen LogP contribution in [0, 0.1) is 5.41 Å². The summed E-state index contributed by atoms with van der Waals surface area (Å²) in [5.41, 5.74) is 1.03. The Kier molecular flexibility index (Phi) is 4.63. The van der Waals surface area contributed by atoms with E-state index in [-0.39, 0.29) is 11.3 Å². The normalized spacial score (nSPS) is 17.0. The second-order valence-corrected chi connectivity index (χ2v) is 5.66. The molecule has 0 aromatic heterocycles. The number of amides is 1. The van der Waals surface area contributed by atoms with E-state index in [1.54, 1.807) is 38.3 Å². The molecule has 0 radical (unpaired) electrons. The lowest BCUT2D eigenvalue weighted by atomic mass is 9.99. The highest BCUT2D eigenvalue weighted by atomic mass is 16.5. The quantitative estimate of drug-likeness (QED) is 0.809. The third kappa shape index (κ3) is 3.61. The van der Waals surface area contributed by atoms with Gasteiger partial charge in [-0.3, -0.25) is 9.59 Å². The van der Waals surface area contributed by atoms with Crippen molar-refractivity contribution in [3.63, 3.8) is 0 Å². The van der Waals surface area contributed by atoms with Crippen molar-refractivity contribution in [2.45, 2.75) is 32.1 Å². The molecule has 114 valence electrons. The van der Waals surface area contributed by atoms with Gasteiger partial charge in [0.15, 0.2) is 0 Å². The summed E-state index contributed by atoms with van der Waals surface area (Å²) in [5.74, 6) is -1.47. The molecule has 1 aliphatic carbocycles. The second-order valence-electron chi connectivity index (χ2n) is 5.66. The first-order chi connectivity index (χ1) is 9.98. The average molecular weight is 291 g/mol. The smallest absolute Gasteiger partial charge is 0.310 e. The SMILES string of the molecule is COCCC1(C(=O)Nc2cccc(C(C)C(=O)O)c2)CC1. The molecule has 1 aromatic rings. The summed E-state index contributed by atoms with van der Waals surface area (Å²) in [6.07, 6.45) is 2.49. The van der Waals surface area contributed by atoms with Gasteiger partial charge in [-0.1, -0.05) is 12.1 Å². The van der Waals surface area contributed by atoms with Crippen LogP contribution in [-0.2, 0) is 14.3 Å². The Hall–Kier alpha value is -1.88. The molecular formula is C16H21NO4. The maximum atomic E-state index is 12.3. The molecule has 5 heteroatoms. The Bertz CT molecular complexity index is 537. The van der Waals surface area contributed by atoms with Gasteiger partial charge in [-0.05, 0) is 43.9 Å². The molecule has 0 bridgehead atoms. The van der Waals surface area contributed by atoms with Gasteiger partial charge in [0.05, 0.1) is 11.3 Å². The average Bonchev–Trinajstić information content (AvgIpc) is 3.25. The van der Waals surface area contributed by atoms with Crippen LogP contribution < -0.4 is 5.32 Å². The lowest BCUT2D eigenvalue weighted by Crippen LogP contribution is -2.25. The fourth-order valence-corrected chi connectivity index (χ4v) is 2.33. The van der Waals surface area contributed by atoms with Crippen LogP contribution in [0.3, 0.4) is 0 Å². The second kappa shape index (κ2) is 6.26. The van der Waals surface area contributed by atoms with Crippen molar-refractivity contribution < 1.29 is 19.4 Å². The van der Waals surface area contributed by atoms with E-state index in [9.17, 15) is 9.59 Å². The van der Waals surface area contributed by atoms with Crippen LogP contribution in [0.1, 0.15) is 37.7 Å². The van der Waals surface area contributed by atoms with Crippen LogP contribution in [0.4, 0.5) is 5.69 Å². The molecule has 1 aromatic carbocycles. The zero-order valence-electron chi connectivity index (χ0n) is 12.4. The van der Waals surface area contributed by atoms with Crippen LogP contribution >= 0.6 is 0 Å². The van der Waals surface area contributed by atoms with Crippen molar-refractivity contribution in [2.24, 2.45) is 5.41 Å². The maximum absolute atomic E-state index is 12.3. The zero-order chi connectivity index (χ0) is 15.5. The number of carbonyl (C=O) groups is 2. The fraction of sp³-hybridized carbons (Fsp3) is 0.500. The minimum Gasteiger partial charge on any atom is -0.481 e. The van der Waals surface area contributed by atoms with Crippen LogP contribution in [0.2, 0.25) is 0 Å². The molecule has 0 spiro atoms. The standard InChI is InChI=1S/C16H21NO4/c1-11(14(18)19)12-4-3-5-13(10-12)17-15(20)16(6-7-16)8-9-21-2/h3-5,10-11H,6-9H2,1-2H3,(H,17,20)(H,18,19). The van der Waals surface area contributed by atoms with Crippen LogP contribution in [0.5, 0.6) is 0 Å². The molecule has 1 fully saturated rings. The molecule has 0 aliphatic heterocycles. The topological polar surface area (TPSA) is 75.6 Å². The van der Waals surface area contributed by atoms with E-state index in [4.69, 9.17) is 9.84 Å². The van der Waals surface area contributed by atoms with E-state index in [1.807, 2.05) is 0 Å². The van der Waals surface area contributed by atoms with Crippen LogP contribution in [0.25, 0.3) is 0 Å². The molecule has 1 amide bonds. The first-order valence-corrected chi connectivity index (χ1v) is 7.12. The van der Waals surface area contributed by atoms with Gasteiger partial charge >= 0.3 is 5.97 Å². The Morgan fingerprint density at radius 3 is 2.71 bits per heavy atom. The number of anilines is 1. The van der Waals surface area contributed by atoms with Gasteiger partial charge in [-0.2, -0.15) is 0 Å². The molecule has 1 atom stereocenters. The van der Waals surface area contributed by atoms with Gasteiger partial charge in [0.1, 0.15) is 0 Å². The Balaban J connectivity index is 2.05. The predicted octanol–water partition coefficient (Wildman–Crippen LogP) is 2.63. The number of carboxylic acids is 1. The summed E-state index contributed by atoms with van der Waals surface area (Å²) in [4.78, 5) is 23.4. The molecule has 5 nitrogen and oxygen atoms in total. The summed E-state index contributed by atoms with van der Waals surface area (Å²) in [6.45, 7) is 2.20. The molecule has 2 N–H and O–H groups in total. The molecule has 0 saturated heterocycles. The molecule has 1 aliphatic rings. The maximum Gasteiger partial charge on any atom is 0.310 e. The number of hydrogen-bond donors (Lipinski definition) is 2. The monoisotopic (exact) mass is 291 g/mol. The number of aliphatic carboxylic acids is 1. The summed E-state index contributed by atoms with van der Waals surface area (Å²) in [5, 5.41) is 11.9. The number of nitrogens with one attached hydrogen (secondary N) is 1. The predicted molar refractivity (Wildman–Crippen MR) is 79.3 cm³/mol. The van der Waals surface area contributed by atoms with E-state index < -0.39 is 11.9 Å². The minimum absolute atomic E-state index is 0.000298. The van der Waals surface area contributed by atoms with Gasteiger partial charge in [0.2, 0.25) is 5.91 Å². The summed E-state index contributed by atoms with van der Waals surface area (Å²) < 4.78 is 5.05. The van der Waals surface area contributed by atoms with Gasteiger partial charge in [-0.15, -0.1) is 0 Å². The van der Waals surface area contributed by atoms with Crippen molar-refractivity contribution in [3.05, 3.63) is 29.8 Å². The summed E-state index contributed by atoms with van der Waals surface area (Å²) in [7, 11) is 1.63. The minimum atomic E-state index is -0.878. The molecular weight excluding hydrogens is 270 g/mol. The summed E-state index contributed by atoms with van der Waals surface area (Å²) in [6, 6.07) is 7.02. The van der Waals surface area contributed by atoms with E-state index in [1.165, 1.54) is 0 Å². The van der Waals surface area contributed by atoms with Crippen LogP contribution in [-0.4, -0.2) is 30.7 Å². The first-order valence-electron chi connectivity index (χ1n) is 7.12. The summed E-state index contributed by atoms with van der Waals surface area (Å²) >= 11 is 0. The first kappa shape index (κ1) is 15.5. The number of methoxy groups -OCH3 is 1. The van der Waals surface area contributed by atoms with Crippen molar-refractivity contribution in [1.29, 1.82) is 0 Å². The number of rotatable bonds is 7. The molecule has 2 rings (SSSR count). The molecule has 21 heavy (non-hydrogen) atoms. The highest BCUT2D eigenvalue weighted by molar-refractivity contribution is 5.97. The largest absolute Gasteiger partial charge is 0.481 e. The van der Waals surface area contributed by atoms with E-state index >= 15 is 0 Å². The van der Waals surface area contributed by atoms with Gasteiger partial charge < -0.3 is 15.2 Å². The van der Waals surface area contributed by atoms with E-state index in [2.05, 4.69) is 5.32 Å². The number of benzene rings is 1. The number of carboxylic acid groups (broad SMARTS) is 1. The van der Waals surface area contributed by atoms with Crippen molar-refractivity contribution in [2.75, 3.05) is 19.0 Å². The molecule has 1 unspecified atom stereocenters. The number of carbonyl (C=O) groups excluding carboxylic acids is 1. The lowest BCUT2D eigenvalue weighted by molar-refractivity contribution is -0.138. The highest BCUT2D eigenvalue weighted by Crippen LogP contribution is 2.49. The third-order valence-electron chi connectivity index (χ3n) is 4.13. The van der Waals surface area contributed by atoms with Crippen molar-refractivity contribution in [1.82, 2.24) is 0 Å². The van der Waals surface area contributed by atoms with Crippen molar-refractivity contribution >= 4 is 17.6 Å². The van der Waals surface area contributed by atoms with Gasteiger partial charge in [0.25, 0.3) is 0 Å². The van der Waals surface area contributed by atoms with Gasteiger partial charge in [-0.25, -0.2) is 0 Å². The third-order valence-corrected chi connectivity index (χ3v) is 4.13. The fourth-order valence-electron chi connectivity index (χ4n) is 2.33. The molecule has 0 heterocycles. The van der Waals surface area contributed by atoms with Gasteiger partial charge in [0, 0.05) is 19.4 Å². The number of ether oxygens (including phenoxy) is 1.